The topological polar surface area (TPSA) is 35.2 Å². The normalized spacial score (nSPS) is 10.2. The van der Waals surface area contributed by atoms with Gasteiger partial charge in [0.25, 0.3) is 0 Å². The van der Waals surface area contributed by atoms with Gasteiger partial charge in [-0.2, -0.15) is 0 Å². The third-order valence-electron chi connectivity index (χ3n) is 2.89. The van der Waals surface area contributed by atoms with Gasteiger partial charge < -0.3 is 10.5 Å². The Balaban J connectivity index is 2.27. The van der Waals surface area contributed by atoms with E-state index in [1.165, 1.54) is 11.1 Å². The first-order valence-corrected chi connectivity index (χ1v) is 5.67. The number of ether oxygens (including phenoxy) is 1. The van der Waals surface area contributed by atoms with Crippen molar-refractivity contribution >= 4 is 5.69 Å². The zero-order chi connectivity index (χ0) is 12.3. The van der Waals surface area contributed by atoms with Crippen LogP contribution >= 0.6 is 0 Å². The molecule has 0 aliphatic heterocycles. The van der Waals surface area contributed by atoms with Crippen LogP contribution in [0, 0.1) is 6.92 Å². The molecule has 2 aromatic rings. The molecule has 0 saturated carbocycles. The van der Waals surface area contributed by atoms with E-state index < -0.39 is 0 Å². The first-order chi connectivity index (χ1) is 8.20. The maximum absolute atomic E-state index is 6.05. The van der Waals surface area contributed by atoms with Crippen LogP contribution in [-0.2, 0) is 6.42 Å². The molecule has 17 heavy (non-hydrogen) atoms. The van der Waals surface area contributed by atoms with Crippen LogP contribution in [0.1, 0.15) is 16.7 Å². The van der Waals surface area contributed by atoms with Crippen molar-refractivity contribution in [2.24, 2.45) is 0 Å². The highest BCUT2D eigenvalue weighted by Gasteiger charge is 2.05. The van der Waals surface area contributed by atoms with E-state index >= 15 is 0 Å². The molecule has 0 saturated heterocycles. The van der Waals surface area contributed by atoms with Crippen LogP contribution in [0.25, 0.3) is 0 Å². The van der Waals surface area contributed by atoms with Crippen molar-refractivity contribution in [3.63, 3.8) is 0 Å². The number of aryl methyl sites for hydroxylation is 1. The number of rotatable bonds is 3. The number of nitrogen functional groups attached to an aromatic ring is 1. The predicted molar refractivity (Wildman–Crippen MR) is 71.4 cm³/mol. The Morgan fingerprint density at radius 1 is 1.06 bits per heavy atom. The van der Waals surface area contributed by atoms with Gasteiger partial charge in [0, 0.05) is 0 Å². The lowest BCUT2D eigenvalue weighted by atomic mass is 10.0. The molecule has 0 amide bonds. The molecular weight excluding hydrogens is 210 g/mol. The van der Waals surface area contributed by atoms with E-state index in [0.717, 1.165) is 23.4 Å². The van der Waals surface area contributed by atoms with Gasteiger partial charge in [-0.1, -0.05) is 42.0 Å². The number of nitrogens with two attached hydrogens (primary N) is 1. The van der Waals surface area contributed by atoms with Gasteiger partial charge in [0.1, 0.15) is 5.75 Å². The molecular formula is C15H17NO. The minimum Gasteiger partial charge on any atom is -0.495 e. The highest BCUT2D eigenvalue weighted by atomic mass is 16.5. The summed E-state index contributed by atoms with van der Waals surface area (Å²) in [6.07, 6.45) is 0.837. The van der Waals surface area contributed by atoms with Crippen molar-refractivity contribution in [1.29, 1.82) is 0 Å². The van der Waals surface area contributed by atoms with Crippen LogP contribution in [0.5, 0.6) is 5.75 Å². The van der Waals surface area contributed by atoms with Gasteiger partial charge in [-0.05, 0) is 30.5 Å². The Morgan fingerprint density at radius 2 is 1.76 bits per heavy atom. The molecule has 2 heteroatoms. The second-order valence-electron chi connectivity index (χ2n) is 4.20. The van der Waals surface area contributed by atoms with E-state index in [1.807, 2.05) is 18.2 Å². The average Bonchev–Trinajstić information content (AvgIpc) is 2.35. The fourth-order valence-electron chi connectivity index (χ4n) is 1.85. The summed E-state index contributed by atoms with van der Waals surface area (Å²) >= 11 is 0. The van der Waals surface area contributed by atoms with Crippen LogP contribution in [0.2, 0.25) is 0 Å². The van der Waals surface area contributed by atoms with Crippen molar-refractivity contribution in [3.8, 4) is 5.75 Å². The zero-order valence-electron chi connectivity index (χ0n) is 10.2. The highest BCUT2D eigenvalue weighted by molar-refractivity contribution is 5.59. The van der Waals surface area contributed by atoms with Crippen molar-refractivity contribution in [3.05, 3.63) is 59.2 Å². The number of hydrogen-bond donors (Lipinski definition) is 1. The summed E-state index contributed by atoms with van der Waals surface area (Å²) in [5.74, 6) is 0.745. The smallest absolute Gasteiger partial charge is 0.142 e. The molecule has 0 radical (unpaired) electrons. The Labute approximate surface area is 102 Å². The monoisotopic (exact) mass is 227 g/mol. The van der Waals surface area contributed by atoms with E-state index in [2.05, 4.69) is 31.2 Å². The van der Waals surface area contributed by atoms with Crippen LogP contribution < -0.4 is 10.5 Å². The van der Waals surface area contributed by atoms with E-state index in [0.29, 0.717) is 0 Å². The fourth-order valence-corrected chi connectivity index (χ4v) is 1.85. The molecule has 88 valence electrons. The maximum atomic E-state index is 6.05. The summed E-state index contributed by atoms with van der Waals surface area (Å²) in [5, 5.41) is 0. The van der Waals surface area contributed by atoms with E-state index in [4.69, 9.17) is 10.5 Å². The molecule has 2 N–H and O–H groups in total. The average molecular weight is 227 g/mol. The minimum atomic E-state index is 0.732. The maximum Gasteiger partial charge on any atom is 0.142 e. The quantitative estimate of drug-likeness (QED) is 0.817. The van der Waals surface area contributed by atoms with E-state index in [1.54, 1.807) is 7.11 Å². The lowest BCUT2D eigenvalue weighted by molar-refractivity contribution is 0.416. The summed E-state index contributed by atoms with van der Waals surface area (Å²) in [5.41, 5.74) is 10.4. The van der Waals surface area contributed by atoms with Crippen LogP contribution in [0.4, 0.5) is 5.69 Å². The third-order valence-corrected chi connectivity index (χ3v) is 2.89. The lowest BCUT2D eigenvalue weighted by Crippen LogP contribution is -1.99. The molecule has 2 rings (SSSR count). The first-order valence-electron chi connectivity index (χ1n) is 5.67. The standard InChI is InChI=1S/C15H17NO/c1-11-6-8-12(9-7-11)10-13-4-3-5-14(17-2)15(13)16/h3-9H,10,16H2,1-2H3. The van der Waals surface area contributed by atoms with Crippen molar-refractivity contribution in [2.45, 2.75) is 13.3 Å². The van der Waals surface area contributed by atoms with Crippen LogP contribution in [0.15, 0.2) is 42.5 Å². The number of benzene rings is 2. The van der Waals surface area contributed by atoms with Gasteiger partial charge in [-0.25, -0.2) is 0 Å². The van der Waals surface area contributed by atoms with Crippen LogP contribution in [0.3, 0.4) is 0 Å². The van der Waals surface area contributed by atoms with Gasteiger partial charge in [-0.3, -0.25) is 0 Å². The van der Waals surface area contributed by atoms with Gasteiger partial charge >= 0.3 is 0 Å². The Kier molecular flexibility index (Phi) is 3.33. The summed E-state index contributed by atoms with van der Waals surface area (Å²) in [7, 11) is 1.64. The minimum absolute atomic E-state index is 0.732. The van der Waals surface area contributed by atoms with Crippen molar-refractivity contribution < 1.29 is 4.74 Å². The third kappa shape index (κ3) is 2.59. The molecule has 0 aliphatic rings. The second-order valence-corrected chi connectivity index (χ2v) is 4.20. The highest BCUT2D eigenvalue weighted by Crippen LogP contribution is 2.26. The molecule has 0 aliphatic carbocycles. The van der Waals surface area contributed by atoms with Crippen LogP contribution in [-0.4, -0.2) is 7.11 Å². The SMILES string of the molecule is COc1cccc(Cc2ccc(C)cc2)c1N. The second kappa shape index (κ2) is 4.91. The predicted octanol–water partition coefficient (Wildman–Crippen LogP) is 3.18. The van der Waals surface area contributed by atoms with Gasteiger partial charge in [-0.15, -0.1) is 0 Å². The lowest BCUT2D eigenvalue weighted by Gasteiger charge is -2.10. The molecule has 2 nitrogen and oxygen atoms in total. The molecule has 0 fully saturated rings. The van der Waals surface area contributed by atoms with E-state index in [-0.39, 0.29) is 0 Å². The first kappa shape index (κ1) is 11.5. The summed E-state index contributed by atoms with van der Waals surface area (Å²) in [4.78, 5) is 0. The Bertz CT molecular complexity index is 503. The molecule has 0 bridgehead atoms. The molecule has 0 spiro atoms. The molecule has 0 unspecified atom stereocenters. The Morgan fingerprint density at radius 3 is 2.41 bits per heavy atom. The van der Waals surface area contributed by atoms with Gasteiger partial charge in [0.15, 0.2) is 0 Å². The van der Waals surface area contributed by atoms with Crippen molar-refractivity contribution in [2.75, 3.05) is 12.8 Å². The van der Waals surface area contributed by atoms with E-state index in [9.17, 15) is 0 Å². The number of methoxy groups -OCH3 is 1. The summed E-state index contributed by atoms with van der Waals surface area (Å²) in [6, 6.07) is 14.4. The molecule has 0 atom stereocenters. The van der Waals surface area contributed by atoms with Gasteiger partial charge in [0.05, 0.1) is 12.8 Å². The number of anilines is 1. The zero-order valence-corrected chi connectivity index (χ0v) is 10.2. The van der Waals surface area contributed by atoms with Gasteiger partial charge in [0.2, 0.25) is 0 Å². The summed E-state index contributed by atoms with van der Waals surface area (Å²) < 4.78 is 5.22. The number of hydrogen-bond acceptors (Lipinski definition) is 2. The molecule has 0 heterocycles. The fraction of sp³-hybridized carbons (Fsp3) is 0.200. The number of para-hydroxylation sites is 1. The van der Waals surface area contributed by atoms with Crippen molar-refractivity contribution in [1.82, 2.24) is 0 Å². The largest absolute Gasteiger partial charge is 0.495 e. The molecule has 0 aromatic heterocycles. The Hall–Kier alpha value is -1.96. The summed E-state index contributed by atoms with van der Waals surface area (Å²) in [6.45, 7) is 2.09. The molecule has 2 aromatic carbocycles.